The van der Waals surface area contributed by atoms with Gasteiger partial charge in [-0.2, -0.15) is 0 Å². The van der Waals surface area contributed by atoms with Crippen LogP contribution in [0.5, 0.6) is 0 Å². The Balaban J connectivity index is 3.20. The highest BCUT2D eigenvalue weighted by atomic mass is 79.9. The smallest absolute Gasteiger partial charge is 0.244 e. The molecule has 0 atom stereocenters. The first-order chi connectivity index (χ1) is 8.65. The van der Waals surface area contributed by atoms with Crippen LogP contribution < -0.4 is 10.0 Å². The Morgan fingerprint density at radius 3 is 2.53 bits per heavy atom. The van der Waals surface area contributed by atoms with Crippen molar-refractivity contribution in [3.63, 3.8) is 0 Å². The molecule has 0 spiro atoms. The fourth-order valence-electron chi connectivity index (χ4n) is 1.46. The van der Waals surface area contributed by atoms with Gasteiger partial charge in [0, 0.05) is 22.8 Å². The second kappa shape index (κ2) is 6.19. The summed E-state index contributed by atoms with van der Waals surface area (Å²) in [7, 11) is -3.61. The molecule has 0 aliphatic heterocycles. The largest absolute Gasteiger partial charge is 0.369 e. The first-order valence-corrected chi connectivity index (χ1v) is 8.37. The first-order valence-electron chi connectivity index (χ1n) is 6.09. The highest BCUT2D eigenvalue weighted by Gasteiger charge is 2.25. The normalized spacial score (nSPS) is 12.5. The average Bonchev–Trinajstić information content (AvgIpc) is 2.24. The van der Waals surface area contributed by atoms with E-state index in [2.05, 4.69) is 31.0 Å². The molecule has 0 radical (unpaired) electrons. The van der Waals surface area contributed by atoms with Gasteiger partial charge < -0.3 is 5.32 Å². The van der Waals surface area contributed by atoms with Crippen molar-refractivity contribution in [3.8, 4) is 0 Å². The molecule has 0 saturated heterocycles. The molecule has 0 fully saturated rings. The Kier molecular flexibility index (Phi) is 5.34. The van der Waals surface area contributed by atoms with Gasteiger partial charge in [0.05, 0.1) is 0 Å². The average molecular weight is 350 g/mol. The Morgan fingerprint density at radius 2 is 2.00 bits per heavy atom. The summed E-state index contributed by atoms with van der Waals surface area (Å²) in [6.07, 6.45) is 2.47. The minimum absolute atomic E-state index is 0.158. The zero-order chi connectivity index (χ0) is 14.7. The molecule has 5 nitrogen and oxygen atoms in total. The van der Waals surface area contributed by atoms with Crippen LogP contribution in [0.1, 0.15) is 34.1 Å². The molecule has 7 heteroatoms. The number of hydrogen-bond donors (Lipinski definition) is 2. The van der Waals surface area contributed by atoms with Gasteiger partial charge in [0.2, 0.25) is 10.0 Å². The van der Waals surface area contributed by atoms with Crippen molar-refractivity contribution in [2.24, 2.45) is 0 Å². The summed E-state index contributed by atoms with van der Waals surface area (Å²) in [6, 6.07) is 1.55. The van der Waals surface area contributed by atoms with Crippen LogP contribution in [-0.2, 0) is 10.0 Å². The second-order valence-corrected chi connectivity index (χ2v) is 7.85. The molecule has 1 aromatic heterocycles. The molecule has 2 N–H and O–H groups in total. The van der Waals surface area contributed by atoms with E-state index in [1.165, 1.54) is 0 Å². The minimum atomic E-state index is -3.61. The van der Waals surface area contributed by atoms with Crippen molar-refractivity contribution in [2.45, 2.75) is 44.6 Å². The van der Waals surface area contributed by atoms with E-state index in [4.69, 9.17) is 0 Å². The molecule has 0 aliphatic carbocycles. The van der Waals surface area contributed by atoms with E-state index >= 15 is 0 Å². The lowest BCUT2D eigenvalue weighted by atomic mass is 10.1. The summed E-state index contributed by atoms with van der Waals surface area (Å²) in [4.78, 5) is 4.29. The van der Waals surface area contributed by atoms with Crippen molar-refractivity contribution in [1.82, 2.24) is 9.71 Å². The van der Waals surface area contributed by atoms with Crippen LogP contribution in [0.15, 0.2) is 21.6 Å². The zero-order valence-corrected chi connectivity index (χ0v) is 14.0. The van der Waals surface area contributed by atoms with Crippen molar-refractivity contribution < 1.29 is 8.42 Å². The lowest BCUT2D eigenvalue weighted by Crippen LogP contribution is -2.40. The molecule has 1 aromatic rings. The van der Waals surface area contributed by atoms with Gasteiger partial charge in [-0.05, 0) is 49.2 Å². The van der Waals surface area contributed by atoms with Crippen LogP contribution in [0.3, 0.4) is 0 Å². The van der Waals surface area contributed by atoms with Gasteiger partial charge in [-0.3, -0.25) is 0 Å². The van der Waals surface area contributed by atoms with Gasteiger partial charge in [0.25, 0.3) is 0 Å². The van der Waals surface area contributed by atoms with Crippen molar-refractivity contribution in [1.29, 1.82) is 0 Å². The minimum Gasteiger partial charge on any atom is -0.369 e. The maximum atomic E-state index is 12.4. The maximum absolute atomic E-state index is 12.4. The SMILES string of the molecule is CCCNc1ncc(Br)cc1S(=O)(=O)NC(C)(C)C. The third kappa shape index (κ3) is 5.08. The van der Waals surface area contributed by atoms with Gasteiger partial charge in [-0.25, -0.2) is 18.1 Å². The molecule has 0 saturated carbocycles. The predicted octanol–water partition coefficient (Wildman–Crippen LogP) is 2.74. The van der Waals surface area contributed by atoms with Crippen LogP contribution in [0, 0.1) is 0 Å². The van der Waals surface area contributed by atoms with E-state index in [1.807, 2.05) is 6.92 Å². The molecule has 0 amide bonds. The van der Waals surface area contributed by atoms with Crippen molar-refractivity contribution in [2.75, 3.05) is 11.9 Å². The Hall–Kier alpha value is -0.660. The molecule has 0 unspecified atom stereocenters. The lowest BCUT2D eigenvalue weighted by Gasteiger charge is -2.21. The third-order valence-electron chi connectivity index (χ3n) is 2.09. The van der Waals surface area contributed by atoms with E-state index in [-0.39, 0.29) is 4.90 Å². The molecular formula is C12H20BrN3O2S. The van der Waals surface area contributed by atoms with E-state index in [9.17, 15) is 8.42 Å². The molecule has 0 aliphatic rings. The van der Waals surface area contributed by atoms with Gasteiger partial charge >= 0.3 is 0 Å². The molecule has 1 heterocycles. The summed E-state index contributed by atoms with van der Waals surface area (Å²) in [5.41, 5.74) is -0.539. The monoisotopic (exact) mass is 349 g/mol. The number of nitrogens with zero attached hydrogens (tertiary/aromatic N) is 1. The number of nitrogens with one attached hydrogen (secondary N) is 2. The molecular weight excluding hydrogens is 330 g/mol. The van der Waals surface area contributed by atoms with Crippen LogP contribution in [0.4, 0.5) is 5.82 Å². The Bertz CT molecular complexity index is 538. The summed E-state index contributed by atoms with van der Waals surface area (Å²) in [6.45, 7) is 8.08. The molecule has 108 valence electrons. The number of aromatic nitrogens is 1. The number of pyridine rings is 1. The van der Waals surface area contributed by atoms with Crippen molar-refractivity contribution >= 4 is 31.8 Å². The quantitative estimate of drug-likeness (QED) is 0.857. The Labute approximate surface area is 123 Å². The van der Waals surface area contributed by atoms with Gasteiger partial charge in [-0.1, -0.05) is 6.92 Å². The van der Waals surface area contributed by atoms with Gasteiger partial charge in [0.1, 0.15) is 10.7 Å². The molecule has 0 aromatic carbocycles. The topological polar surface area (TPSA) is 71.1 Å². The number of rotatable bonds is 5. The van der Waals surface area contributed by atoms with E-state index in [0.717, 1.165) is 6.42 Å². The summed E-state index contributed by atoms with van der Waals surface area (Å²) >= 11 is 3.25. The van der Waals surface area contributed by atoms with Gasteiger partial charge in [-0.15, -0.1) is 0 Å². The van der Waals surface area contributed by atoms with Crippen LogP contribution in [0.2, 0.25) is 0 Å². The molecule has 1 rings (SSSR count). The van der Waals surface area contributed by atoms with Crippen LogP contribution in [-0.4, -0.2) is 25.5 Å². The van der Waals surface area contributed by atoms with Gasteiger partial charge in [0.15, 0.2) is 0 Å². The van der Waals surface area contributed by atoms with Crippen LogP contribution in [0.25, 0.3) is 0 Å². The maximum Gasteiger partial charge on any atom is 0.244 e. The highest BCUT2D eigenvalue weighted by Crippen LogP contribution is 2.24. The number of halogens is 1. The summed E-state index contributed by atoms with van der Waals surface area (Å²) < 4.78 is 28.0. The van der Waals surface area contributed by atoms with E-state index < -0.39 is 15.6 Å². The fraction of sp³-hybridized carbons (Fsp3) is 0.583. The zero-order valence-electron chi connectivity index (χ0n) is 11.6. The molecule has 0 bridgehead atoms. The summed E-state index contributed by atoms with van der Waals surface area (Å²) in [5.74, 6) is 0.377. The standard InChI is InChI=1S/C12H20BrN3O2S/c1-5-6-14-11-10(7-9(13)8-15-11)19(17,18)16-12(2,3)4/h7-8,16H,5-6H2,1-4H3,(H,14,15). The number of hydrogen-bond acceptors (Lipinski definition) is 4. The molecule has 19 heavy (non-hydrogen) atoms. The van der Waals surface area contributed by atoms with Crippen molar-refractivity contribution in [3.05, 3.63) is 16.7 Å². The first kappa shape index (κ1) is 16.4. The Morgan fingerprint density at radius 1 is 1.37 bits per heavy atom. The fourth-order valence-corrected chi connectivity index (χ4v) is 3.52. The van der Waals surface area contributed by atoms with Crippen LogP contribution >= 0.6 is 15.9 Å². The second-order valence-electron chi connectivity index (χ2n) is 5.28. The van der Waals surface area contributed by atoms with E-state index in [0.29, 0.717) is 16.8 Å². The highest BCUT2D eigenvalue weighted by molar-refractivity contribution is 9.10. The third-order valence-corrected chi connectivity index (χ3v) is 4.30. The number of anilines is 1. The number of sulfonamides is 1. The van der Waals surface area contributed by atoms with E-state index in [1.54, 1.807) is 33.0 Å². The summed E-state index contributed by atoms with van der Waals surface area (Å²) in [5, 5.41) is 3.03. The lowest BCUT2D eigenvalue weighted by molar-refractivity contribution is 0.491. The predicted molar refractivity (Wildman–Crippen MR) is 80.8 cm³/mol.